The van der Waals surface area contributed by atoms with Crippen molar-refractivity contribution in [1.82, 2.24) is 25.2 Å². The number of aromatic nitrogens is 4. The molecular weight excluding hydrogens is 206 g/mol. The number of rotatable bonds is 4. The highest BCUT2D eigenvalue weighted by Gasteiger charge is 2.09. The zero-order valence-corrected chi connectivity index (χ0v) is 9.64. The molecular formula is C10H15N5O. The average molecular weight is 221 g/mol. The van der Waals surface area contributed by atoms with Crippen molar-refractivity contribution in [2.75, 3.05) is 0 Å². The molecule has 0 saturated heterocycles. The van der Waals surface area contributed by atoms with Gasteiger partial charge in [0.05, 0.1) is 18.3 Å². The molecule has 0 aliphatic carbocycles. The number of aryl methyl sites for hydroxylation is 1. The topological polar surface area (TPSA) is 68.8 Å². The highest BCUT2D eigenvalue weighted by atomic mass is 16.5. The Bertz CT molecular complexity index is 459. The molecule has 0 aliphatic rings. The van der Waals surface area contributed by atoms with Crippen LogP contribution in [0.1, 0.15) is 19.7 Å². The molecule has 0 unspecified atom stereocenters. The van der Waals surface area contributed by atoms with E-state index in [0.29, 0.717) is 24.3 Å². The Morgan fingerprint density at radius 1 is 1.50 bits per heavy atom. The van der Waals surface area contributed by atoms with Crippen LogP contribution in [-0.2, 0) is 13.6 Å². The molecule has 0 atom stereocenters. The molecule has 2 aromatic rings. The first-order chi connectivity index (χ1) is 7.65. The van der Waals surface area contributed by atoms with Crippen LogP contribution in [0.4, 0.5) is 0 Å². The van der Waals surface area contributed by atoms with Crippen molar-refractivity contribution in [1.29, 1.82) is 0 Å². The smallest absolute Gasteiger partial charge is 0.240 e. The average Bonchev–Trinajstić information content (AvgIpc) is 2.83. The summed E-state index contributed by atoms with van der Waals surface area (Å²) in [6, 6.07) is 0.397. The molecule has 0 fully saturated rings. The second-order valence-corrected chi connectivity index (χ2v) is 3.95. The molecule has 1 N–H and O–H groups in total. The highest BCUT2D eigenvalue weighted by Crippen LogP contribution is 2.13. The Balaban J connectivity index is 2.07. The van der Waals surface area contributed by atoms with E-state index in [2.05, 4.69) is 34.4 Å². The van der Waals surface area contributed by atoms with Crippen LogP contribution in [0.15, 0.2) is 16.9 Å². The van der Waals surface area contributed by atoms with E-state index < -0.39 is 0 Å². The predicted molar refractivity (Wildman–Crippen MR) is 58.5 cm³/mol. The van der Waals surface area contributed by atoms with Crippen molar-refractivity contribution in [2.24, 2.45) is 7.05 Å². The van der Waals surface area contributed by atoms with Gasteiger partial charge in [-0.3, -0.25) is 4.68 Å². The summed E-state index contributed by atoms with van der Waals surface area (Å²) in [5.74, 6) is 1.17. The lowest BCUT2D eigenvalue weighted by Crippen LogP contribution is -2.21. The second-order valence-electron chi connectivity index (χ2n) is 3.95. The van der Waals surface area contributed by atoms with Crippen LogP contribution < -0.4 is 5.32 Å². The number of hydrogen-bond acceptors (Lipinski definition) is 5. The van der Waals surface area contributed by atoms with Crippen LogP contribution in [0.25, 0.3) is 11.4 Å². The van der Waals surface area contributed by atoms with E-state index in [1.807, 2.05) is 13.2 Å². The van der Waals surface area contributed by atoms with E-state index in [1.54, 1.807) is 10.9 Å². The van der Waals surface area contributed by atoms with Crippen molar-refractivity contribution in [3.05, 3.63) is 18.3 Å². The quantitative estimate of drug-likeness (QED) is 0.833. The zero-order chi connectivity index (χ0) is 11.5. The van der Waals surface area contributed by atoms with Gasteiger partial charge in [0.25, 0.3) is 0 Å². The van der Waals surface area contributed by atoms with Crippen molar-refractivity contribution in [3.63, 3.8) is 0 Å². The summed E-state index contributed by atoms with van der Waals surface area (Å²) in [5.41, 5.74) is 0.863. The van der Waals surface area contributed by atoms with E-state index in [0.717, 1.165) is 5.56 Å². The summed E-state index contributed by atoms with van der Waals surface area (Å²) in [6.45, 7) is 4.72. The molecule has 2 aromatic heterocycles. The molecule has 6 nitrogen and oxygen atoms in total. The zero-order valence-electron chi connectivity index (χ0n) is 9.64. The van der Waals surface area contributed by atoms with Crippen LogP contribution in [0.5, 0.6) is 0 Å². The number of hydrogen-bond donors (Lipinski definition) is 1. The fourth-order valence-corrected chi connectivity index (χ4v) is 1.27. The van der Waals surface area contributed by atoms with Gasteiger partial charge in [-0.2, -0.15) is 10.1 Å². The standard InChI is InChI=1S/C10H15N5O/c1-7(2)11-5-9-13-10(14-16-9)8-4-12-15(3)6-8/h4,6-7,11H,5H2,1-3H3. The third-order valence-electron chi connectivity index (χ3n) is 2.09. The van der Waals surface area contributed by atoms with Gasteiger partial charge in [0.15, 0.2) is 0 Å². The fraction of sp³-hybridized carbons (Fsp3) is 0.500. The first kappa shape index (κ1) is 10.8. The summed E-state index contributed by atoms with van der Waals surface area (Å²) in [7, 11) is 1.85. The predicted octanol–water partition coefficient (Wildman–Crippen LogP) is 0.968. The highest BCUT2D eigenvalue weighted by molar-refractivity contribution is 5.50. The Kier molecular flexibility index (Phi) is 3.00. The Morgan fingerprint density at radius 2 is 2.31 bits per heavy atom. The van der Waals surface area contributed by atoms with Crippen molar-refractivity contribution in [3.8, 4) is 11.4 Å². The lowest BCUT2D eigenvalue weighted by atomic mass is 10.3. The molecule has 0 amide bonds. The van der Waals surface area contributed by atoms with Gasteiger partial charge in [-0.05, 0) is 0 Å². The molecule has 0 saturated carbocycles. The molecule has 0 aromatic carbocycles. The molecule has 0 spiro atoms. The lowest BCUT2D eigenvalue weighted by Gasteiger charge is -2.02. The lowest BCUT2D eigenvalue weighted by molar-refractivity contribution is 0.362. The fourth-order valence-electron chi connectivity index (χ4n) is 1.27. The van der Waals surface area contributed by atoms with Gasteiger partial charge in [0, 0.05) is 19.3 Å². The van der Waals surface area contributed by atoms with E-state index in [-0.39, 0.29) is 0 Å². The largest absolute Gasteiger partial charge is 0.338 e. The Hall–Kier alpha value is -1.69. The maximum Gasteiger partial charge on any atom is 0.240 e. The van der Waals surface area contributed by atoms with Gasteiger partial charge in [-0.1, -0.05) is 19.0 Å². The summed E-state index contributed by atoms with van der Waals surface area (Å²) >= 11 is 0. The SMILES string of the molecule is CC(C)NCc1nc(-c2cnn(C)c2)no1. The summed E-state index contributed by atoms with van der Waals surface area (Å²) < 4.78 is 6.82. The van der Waals surface area contributed by atoms with Crippen LogP contribution in [0.3, 0.4) is 0 Å². The van der Waals surface area contributed by atoms with Crippen molar-refractivity contribution < 1.29 is 4.52 Å². The molecule has 0 aliphatic heterocycles. The van der Waals surface area contributed by atoms with Crippen LogP contribution in [-0.4, -0.2) is 26.0 Å². The molecule has 86 valence electrons. The summed E-state index contributed by atoms with van der Waals surface area (Å²) in [6.07, 6.45) is 3.56. The minimum Gasteiger partial charge on any atom is -0.338 e. The first-order valence-corrected chi connectivity index (χ1v) is 5.20. The normalized spacial score (nSPS) is 11.2. The van der Waals surface area contributed by atoms with Gasteiger partial charge in [-0.15, -0.1) is 0 Å². The van der Waals surface area contributed by atoms with Crippen molar-refractivity contribution in [2.45, 2.75) is 26.4 Å². The molecule has 6 heteroatoms. The van der Waals surface area contributed by atoms with E-state index in [1.165, 1.54) is 0 Å². The van der Waals surface area contributed by atoms with Gasteiger partial charge in [0.2, 0.25) is 11.7 Å². The van der Waals surface area contributed by atoms with E-state index >= 15 is 0 Å². The third-order valence-corrected chi connectivity index (χ3v) is 2.09. The summed E-state index contributed by atoms with van der Waals surface area (Å²) in [4.78, 5) is 4.27. The molecule has 2 rings (SSSR count). The van der Waals surface area contributed by atoms with Gasteiger partial charge in [0.1, 0.15) is 0 Å². The summed E-state index contributed by atoms with van der Waals surface area (Å²) in [5, 5.41) is 11.2. The first-order valence-electron chi connectivity index (χ1n) is 5.20. The number of nitrogens with zero attached hydrogens (tertiary/aromatic N) is 4. The van der Waals surface area contributed by atoms with Crippen LogP contribution in [0, 0.1) is 0 Å². The molecule has 0 bridgehead atoms. The minimum atomic E-state index is 0.397. The maximum absolute atomic E-state index is 5.12. The van der Waals surface area contributed by atoms with Gasteiger partial charge >= 0.3 is 0 Å². The second kappa shape index (κ2) is 4.44. The van der Waals surface area contributed by atoms with Crippen LogP contribution in [0.2, 0.25) is 0 Å². The van der Waals surface area contributed by atoms with Gasteiger partial charge < -0.3 is 9.84 Å². The van der Waals surface area contributed by atoms with Crippen molar-refractivity contribution >= 4 is 0 Å². The monoisotopic (exact) mass is 221 g/mol. The third kappa shape index (κ3) is 2.46. The van der Waals surface area contributed by atoms with Gasteiger partial charge in [-0.25, -0.2) is 0 Å². The van der Waals surface area contributed by atoms with E-state index in [4.69, 9.17) is 4.52 Å². The molecule has 0 radical (unpaired) electrons. The Labute approximate surface area is 93.7 Å². The maximum atomic E-state index is 5.12. The Morgan fingerprint density at radius 3 is 2.94 bits per heavy atom. The molecule has 16 heavy (non-hydrogen) atoms. The minimum absolute atomic E-state index is 0.397. The van der Waals surface area contributed by atoms with Crippen LogP contribution >= 0.6 is 0 Å². The molecule has 2 heterocycles. The van der Waals surface area contributed by atoms with E-state index in [9.17, 15) is 0 Å². The number of nitrogens with one attached hydrogen (secondary N) is 1.